The third-order valence-corrected chi connectivity index (χ3v) is 2.09. The van der Waals surface area contributed by atoms with Crippen LogP contribution in [0.5, 0.6) is 0 Å². The lowest BCUT2D eigenvalue weighted by Crippen LogP contribution is -2.49. The number of esters is 1. The van der Waals surface area contributed by atoms with Crippen molar-refractivity contribution in [2.24, 2.45) is 5.92 Å². The first-order valence-corrected chi connectivity index (χ1v) is 5.01. The van der Waals surface area contributed by atoms with E-state index in [4.69, 9.17) is 4.74 Å². The highest BCUT2D eigenvalue weighted by atomic mass is 16.5. The molecular weight excluding hydrogens is 210 g/mol. The van der Waals surface area contributed by atoms with Gasteiger partial charge in [-0.05, 0) is 0 Å². The Bertz CT molecular complexity index is 280. The highest BCUT2D eigenvalue weighted by Gasteiger charge is 2.27. The average molecular weight is 229 g/mol. The van der Waals surface area contributed by atoms with E-state index in [1.807, 2.05) is 21.1 Å². The molecule has 0 aromatic rings. The molecule has 0 aromatic heterocycles. The summed E-state index contributed by atoms with van der Waals surface area (Å²) in [5.74, 6) is -2.69. The molecule has 0 aliphatic carbocycles. The van der Waals surface area contributed by atoms with Crippen molar-refractivity contribution in [2.75, 3.05) is 27.7 Å². The minimum absolute atomic E-state index is 0.398. The summed E-state index contributed by atoms with van der Waals surface area (Å²) in [4.78, 5) is 21.8. The molecule has 92 valence electrons. The van der Waals surface area contributed by atoms with Gasteiger partial charge in [-0.25, -0.2) is 4.79 Å². The van der Waals surface area contributed by atoms with Gasteiger partial charge in [0.15, 0.2) is 6.10 Å². The summed E-state index contributed by atoms with van der Waals surface area (Å²) in [6.45, 7) is 5.13. The summed E-state index contributed by atoms with van der Waals surface area (Å²) >= 11 is 0. The van der Waals surface area contributed by atoms with E-state index in [-0.39, 0.29) is 0 Å². The molecule has 0 spiro atoms. The Balaban J connectivity index is 4.69. The van der Waals surface area contributed by atoms with Gasteiger partial charge in [0.05, 0.1) is 21.1 Å². The molecule has 0 saturated carbocycles. The van der Waals surface area contributed by atoms with E-state index in [1.165, 1.54) is 6.92 Å². The van der Waals surface area contributed by atoms with Gasteiger partial charge in [-0.1, -0.05) is 13.5 Å². The van der Waals surface area contributed by atoms with Crippen LogP contribution in [0, 0.1) is 5.92 Å². The van der Waals surface area contributed by atoms with Gasteiger partial charge in [-0.2, -0.15) is 0 Å². The molecule has 0 radical (unpaired) electrons. The molecule has 0 bridgehead atoms. The number of rotatable bonds is 6. The predicted octanol–water partition coefficient (Wildman–Crippen LogP) is -0.824. The minimum atomic E-state index is -1.23. The van der Waals surface area contributed by atoms with Crippen LogP contribution in [-0.4, -0.2) is 50.2 Å². The fourth-order valence-corrected chi connectivity index (χ4v) is 1.19. The van der Waals surface area contributed by atoms with Crippen LogP contribution in [0.25, 0.3) is 0 Å². The average Bonchev–Trinajstić information content (AvgIpc) is 2.13. The highest BCUT2D eigenvalue weighted by molar-refractivity contribution is 5.81. The zero-order chi connectivity index (χ0) is 12.9. The number of hydrogen-bond donors (Lipinski definition) is 0. The Hall–Kier alpha value is -1.36. The summed E-state index contributed by atoms with van der Waals surface area (Å²) in [6.07, 6.45) is 0.306. The molecule has 5 nitrogen and oxygen atoms in total. The van der Waals surface area contributed by atoms with E-state index < -0.39 is 24.0 Å². The van der Waals surface area contributed by atoms with Crippen molar-refractivity contribution < 1.29 is 23.9 Å². The molecule has 16 heavy (non-hydrogen) atoms. The second kappa shape index (κ2) is 5.65. The summed E-state index contributed by atoms with van der Waals surface area (Å²) in [7, 11) is 5.66. The van der Waals surface area contributed by atoms with Crippen LogP contribution in [0.2, 0.25) is 0 Å². The van der Waals surface area contributed by atoms with Gasteiger partial charge in [0.2, 0.25) is 0 Å². The largest absolute Gasteiger partial charge is 0.550 e. The zero-order valence-electron chi connectivity index (χ0n) is 10.2. The highest BCUT2D eigenvalue weighted by Crippen LogP contribution is 2.11. The molecule has 0 amide bonds. The van der Waals surface area contributed by atoms with Crippen LogP contribution in [-0.2, 0) is 14.3 Å². The predicted molar refractivity (Wildman–Crippen MR) is 57.1 cm³/mol. The maximum absolute atomic E-state index is 11.1. The Morgan fingerprint density at radius 1 is 1.44 bits per heavy atom. The number of likely N-dealkylation sites (N-methyl/N-ethyl adjacent to an activating group) is 1. The molecule has 0 aromatic carbocycles. The number of carbonyl (C=O) groups excluding carboxylic acids is 2. The van der Waals surface area contributed by atoms with E-state index in [0.29, 0.717) is 11.0 Å². The molecule has 0 fully saturated rings. The lowest BCUT2D eigenvalue weighted by molar-refractivity contribution is -0.873. The zero-order valence-corrected chi connectivity index (χ0v) is 10.2. The van der Waals surface area contributed by atoms with E-state index in [2.05, 4.69) is 6.58 Å². The topological polar surface area (TPSA) is 66.4 Å². The molecule has 0 heterocycles. The number of carbonyl (C=O) groups is 2. The van der Waals surface area contributed by atoms with E-state index in [1.54, 1.807) is 0 Å². The first kappa shape index (κ1) is 14.6. The molecule has 0 rings (SSSR count). The fraction of sp³-hybridized carbons (Fsp3) is 0.636. The van der Waals surface area contributed by atoms with Crippen LogP contribution >= 0.6 is 0 Å². The van der Waals surface area contributed by atoms with Gasteiger partial charge >= 0.3 is 5.97 Å². The molecule has 0 aliphatic heterocycles. The maximum atomic E-state index is 11.1. The van der Waals surface area contributed by atoms with Crippen LogP contribution < -0.4 is 5.11 Å². The number of aliphatic carboxylic acids is 1. The van der Waals surface area contributed by atoms with E-state index in [0.717, 1.165) is 6.08 Å². The van der Waals surface area contributed by atoms with Crippen molar-refractivity contribution in [3.63, 3.8) is 0 Å². The third-order valence-electron chi connectivity index (χ3n) is 2.09. The van der Waals surface area contributed by atoms with Crippen molar-refractivity contribution in [3.05, 3.63) is 12.7 Å². The molecule has 2 atom stereocenters. The second-order valence-corrected chi connectivity index (χ2v) is 4.76. The quantitative estimate of drug-likeness (QED) is 0.339. The van der Waals surface area contributed by atoms with Gasteiger partial charge in [0.25, 0.3) is 0 Å². The number of carboxylic acid groups (broad SMARTS) is 1. The maximum Gasteiger partial charge on any atom is 0.330 e. The molecule has 2 unspecified atom stereocenters. The molecule has 5 heteroatoms. The summed E-state index contributed by atoms with van der Waals surface area (Å²) in [5.41, 5.74) is 0. The van der Waals surface area contributed by atoms with Crippen molar-refractivity contribution in [3.8, 4) is 0 Å². The first-order valence-electron chi connectivity index (χ1n) is 5.01. The number of nitrogens with zero attached hydrogens (tertiary/aromatic N) is 1. The summed E-state index contributed by atoms with van der Waals surface area (Å²) in [5, 5.41) is 10.8. The fourth-order valence-electron chi connectivity index (χ4n) is 1.19. The number of carboxylic acids is 1. The molecule has 0 saturated heterocycles. The van der Waals surface area contributed by atoms with E-state index >= 15 is 0 Å². The van der Waals surface area contributed by atoms with Crippen LogP contribution in [0.4, 0.5) is 0 Å². The molecular formula is C11H19NO4. The van der Waals surface area contributed by atoms with Crippen LogP contribution in [0.15, 0.2) is 12.7 Å². The number of hydrogen-bond acceptors (Lipinski definition) is 4. The lowest BCUT2D eigenvalue weighted by Gasteiger charge is -2.32. The number of quaternary nitrogens is 1. The molecule has 0 aliphatic rings. The summed E-state index contributed by atoms with van der Waals surface area (Å²) < 4.78 is 5.50. The van der Waals surface area contributed by atoms with Crippen molar-refractivity contribution in [1.82, 2.24) is 0 Å². The van der Waals surface area contributed by atoms with Gasteiger partial charge < -0.3 is 19.1 Å². The van der Waals surface area contributed by atoms with Crippen molar-refractivity contribution in [1.29, 1.82) is 0 Å². The van der Waals surface area contributed by atoms with Crippen LogP contribution in [0.3, 0.4) is 0 Å². The van der Waals surface area contributed by atoms with Gasteiger partial charge in [0.1, 0.15) is 6.54 Å². The Kier molecular flexibility index (Phi) is 5.17. The van der Waals surface area contributed by atoms with Gasteiger partial charge in [-0.3, -0.25) is 0 Å². The SMILES string of the molecule is C=CC(=O)OC(C[N+](C)(C)C)C(C)C(=O)[O-]. The summed E-state index contributed by atoms with van der Waals surface area (Å²) in [6, 6.07) is 0. The van der Waals surface area contributed by atoms with Crippen molar-refractivity contribution in [2.45, 2.75) is 13.0 Å². The van der Waals surface area contributed by atoms with E-state index in [9.17, 15) is 14.7 Å². The number of ether oxygens (including phenoxy) is 1. The van der Waals surface area contributed by atoms with Crippen molar-refractivity contribution >= 4 is 11.9 Å². The smallest absolute Gasteiger partial charge is 0.330 e. The lowest BCUT2D eigenvalue weighted by atomic mass is 10.0. The van der Waals surface area contributed by atoms with Gasteiger partial charge in [-0.15, -0.1) is 0 Å². The monoisotopic (exact) mass is 229 g/mol. The minimum Gasteiger partial charge on any atom is -0.550 e. The third kappa shape index (κ3) is 5.50. The Labute approximate surface area is 95.9 Å². The normalized spacial score (nSPS) is 15.0. The second-order valence-electron chi connectivity index (χ2n) is 4.76. The van der Waals surface area contributed by atoms with Gasteiger partial charge in [0, 0.05) is 18.0 Å². The molecule has 0 N–H and O–H groups in total. The van der Waals surface area contributed by atoms with Crippen LogP contribution in [0.1, 0.15) is 6.92 Å². The Morgan fingerprint density at radius 2 is 1.94 bits per heavy atom. The Morgan fingerprint density at radius 3 is 2.25 bits per heavy atom. The standard InChI is InChI=1S/C11H19NO4/c1-6-10(13)16-9(7-12(3,4)5)8(2)11(14)15/h6,8-9H,1,7H2,2-5H3. The first-order chi connectivity index (χ1) is 7.17.